The standard InChI is InChI=1S/C15H19N3O2S/c1-8-5-11(10(3)21-8)9(2)18-14-6-12(15(19)20-4)13(16)7-17-14/h5-7,9H,16H2,1-4H3,(H,17,18). The molecule has 6 heteroatoms. The molecule has 0 spiro atoms. The van der Waals surface area contributed by atoms with E-state index >= 15 is 0 Å². The maximum atomic E-state index is 11.6. The number of methoxy groups -OCH3 is 1. The van der Waals surface area contributed by atoms with Crippen molar-refractivity contribution in [2.45, 2.75) is 26.8 Å². The van der Waals surface area contributed by atoms with Gasteiger partial charge in [0, 0.05) is 9.75 Å². The molecule has 0 bridgehead atoms. The minimum absolute atomic E-state index is 0.0940. The zero-order valence-electron chi connectivity index (χ0n) is 12.6. The van der Waals surface area contributed by atoms with Gasteiger partial charge >= 0.3 is 5.97 Å². The zero-order valence-corrected chi connectivity index (χ0v) is 13.4. The Morgan fingerprint density at radius 3 is 2.71 bits per heavy atom. The molecule has 21 heavy (non-hydrogen) atoms. The van der Waals surface area contributed by atoms with Crippen LogP contribution in [0.4, 0.5) is 11.5 Å². The number of nitrogens with one attached hydrogen (secondary N) is 1. The number of hydrogen-bond acceptors (Lipinski definition) is 6. The van der Waals surface area contributed by atoms with Crippen LogP contribution in [-0.2, 0) is 4.74 Å². The van der Waals surface area contributed by atoms with Gasteiger partial charge in [-0.2, -0.15) is 0 Å². The van der Waals surface area contributed by atoms with E-state index in [0.717, 1.165) is 0 Å². The highest BCUT2D eigenvalue weighted by atomic mass is 32.1. The van der Waals surface area contributed by atoms with Crippen LogP contribution < -0.4 is 11.1 Å². The molecule has 2 aromatic rings. The number of carbonyl (C=O) groups excluding carboxylic acids is 1. The molecule has 0 saturated carbocycles. The average molecular weight is 305 g/mol. The maximum Gasteiger partial charge on any atom is 0.340 e. The van der Waals surface area contributed by atoms with Gasteiger partial charge in [0.2, 0.25) is 0 Å². The first-order chi connectivity index (χ1) is 9.92. The van der Waals surface area contributed by atoms with Crippen LogP contribution in [0.2, 0.25) is 0 Å². The number of thiophene rings is 1. The smallest absolute Gasteiger partial charge is 0.340 e. The van der Waals surface area contributed by atoms with Gasteiger partial charge in [-0.05, 0) is 38.5 Å². The summed E-state index contributed by atoms with van der Waals surface area (Å²) in [6, 6.07) is 3.87. The first-order valence-corrected chi connectivity index (χ1v) is 7.41. The van der Waals surface area contributed by atoms with Crippen LogP contribution in [-0.4, -0.2) is 18.1 Å². The minimum Gasteiger partial charge on any atom is -0.465 e. The first kappa shape index (κ1) is 15.3. The molecule has 5 nitrogen and oxygen atoms in total. The topological polar surface area (TPSA) is 77.2 Å². The van der Waals surface area contributed by atoms with Crippen LogP contribution in [0.25, 0.3) is 0 Å². The number of nitrogen functional groups attached to an aromatic ring is 1. The Hall–Kier alpha value is -2.08. The molecule has 0 aliphatic rings. The quantitative estimate of drug-likeness (QED) is 0.847. The number of ether oxygens (including phenoxy) is 1. The highest BCUT2D eigenvalue weighted by Gasteiger charge is 2.15. The molecule has 3 N–H and O–H groups in total. The summed E-state index contributed by atoms with van der Waals surface area (Å²) in [5, 5.41) is 3.29. The maximum absolute atomic E-state index is 11.6. The number of carbonyl (C=O) groups is 1. The number of esters is 1. The second kappa shape index (κ2) is 6.13. The first-order valence-electron chi connectivity index (χ1n) is 6.59. The summed E-state index contributed by atoms with van der Waals surface area (Å²) in [5.41, 5.74) is 7.61. The Balaban J connectivity index is 2.23. The van der Waals surface area contributed by atoms with Crippen molar-refractivity contribution in [3.63, 3.8) is 0 Å². The van der Waals surface area contributed by atoms with Crippen molar-refractivity contribution in [1.29, 1.82) is 0 Å². The molecule has 0 saturated heterocycles. The molecular formula is C15H19N3O2S. The number of nitrogens with two attached hydrogens (primary N) is 1. The molecular weight excluding hydrogens is 286 g/mol. The Morgan fingerprint density at radius 2 is 2.14 bits per heavy atom. The van der Waals surface area contributed by atoms with Gasteiger partial charge in [0.1, 0.15) is 5.82 Å². The predicted molar refractivity (Wildman–Crippen MR) is 85.8 cm³/mol. The molecule has 0 aromatic carbocycles. The van der Waals surface area contributed by atoms with Gasteiger partial charge in [0.05, 0.1) is 30.6 Å². The van der Waals surface area contributed by atoms with Crippen LogP contribution in [0.15, 0.2) is 18.3 Å². The van der Waals surface area contributed by atoms with Crippen LogP contribution in [0.1, 0.15) is 38.6 Å². The van der Waals surface area contributed by atoms with Gasteiger partial charge in [-0.25, -0.2) is 9.78 Å². The predicted octanol–water partition coefficient (Wildman–Crippen LogP) is 3.30. The van der Waals surface area contributed by atoms with E-state index in [9.17, 15) is 4.79 Å². The minimum atomic E-state index is -0.465. The normalized spacial score (nSPS) is 12.0. The van der Waals surface area contributed by atoms with E-state index in [1.807, 2.05) is 0 Å². The van der Waals surface area contributed by atoms with Crippen LogP contribution in [0.3, 0.4) is 0 Å². The number of hydrogen-bond donors (Lipinski definition) is 2. The third kappa shape index (κ3) is 3.33. The van der Waals surface area contributed by atoms with Crippen molar-refractivity contribution < 1.29 is 9.53 Å². The zero-order chi connectivity index (χ0) is 15.6. The van der Waals surface area contributed by atoms with Crippen LogP contribution in [0, 0.1) is 13.8 Å². The van der Waals surface area contributed by atoms with E-state index in [2.05, 4.69) is 37.1 Å². The number of nitrogens with zero attached hydrogens (tertiary/aromatic N) is 1. The van der Waals surface area contributed by atoms with Gasteiger partial charge in [0.15, 0.2) is 0 Å². The number of rotatable bonds is 4. The third-order valence-corrected chi connectivity index (χ3v) is 4.23. The lowest BCUT2D eigenvalue weighted by molar-refractivity contribution is 0.0602. The van der Waals surface area contributed by atoms with E-state index < -0.39 is 5.97 Å². The Bertz CT molecular complexity index is 667. The van der Waals surface area contributed by atoms with Crippen LogP contribution in [0.5, 0.6) is 0 Å². The van der Waals surface area contributed by atoms with E-state index in [1.165, 1.54) is 28.6 Å². The van der Waals surface area contributed by atoms with E-state index in [4.69, 9.17) is 10.5 Å². The second-order valence-corrected chi connectivity index (χ2v) is 6.34. The number of anilines is 2. The second-order valence-electron chi connectivity index (χ2n) is 4.88. The number of aryl methyl sites for hydroxylation is 2. The average Bonchev–Trinajstić information content (AvgIpc) is 2.79. The Labute approximate surface area is 128 Å². The van der Waals surface area contributed by atoms with E-state index in [1.54, 1.807) is 17.4 Å². The van der Waals surface area contributed by atoms with Crippen molar-refractivity contribution >= 4 is 28.8 Å². The molecule has 2 aromatic heterocycles. The fourth-order valence-electron chi connectivity index (χ4n) is 2.21. The number of pyridine rings is 1. The Morgan fingerprint density at radius 1 is 1.43 bits per heavy atom. The number of aromatic nitrogens is 1. The summed E-state index contributed by atoms with van der Waals surface area (Å²) in [7, 11) is 1.33. The molecule has 2 heterocycles. The monoisotopic (exact) mass is 305 g/mol. The van der Waals surface area contributed by atoms with Gasteiger partial charge in [0.25, 0.3) is 0 Å². The SMILES string of the molecule is COC(=O)c1cc(NC(C)c2cc(C)sc2C)ncc1N. The summed E-state index contributed by atoms with van der Waals surface area (Å²) in [4.78, 5) is 18.4. The third-order valence-electron chi connectivity index (χ3n) is 3.25. The lowest BCUT2D eigenvalue weighted by atomic mass is 10.1. The van der Waals surface area contributed by atoms with Crippen molar-refractivity contribution in [3.05, 3.63) is 39.2 Å². The van der Waals surface area contributed by atoms with Crippen molar-refractivity contribution in [2.24, 2.45) is 0 Å². The van der Waals surface area contributed by atoms with E-state index in [-0.39, 0.29) is 6.04 Å². The molecule has 1 unspecified atom stereocenters. The fourth-order valence-corrected chi connectivity index (χ4v) is 3.23. The summed E-state index contributed by atoms with van der Waals surface area (Å²) < 4.78 is 4.71. The molecule has 0 fully saturated rings. The van der Waals surface area contributed by atoms with Crippen molar-refractivity contribution in [3.8, 4) is 0 Å². The highest BCUT2D eigenvalue weighted by Crippen LogP contribution is 2.28. The molecule has 0 aliphatic carbocycles. The van der Waals surface area contributed by atoms with Gasteiger partial charge in [-0.3, -0.25) is 0 Å². The van der Waals surface area contributed by atoms with Gasteiger partial charge in [-0.15, -0.1) is 11.3 Å². The summed E-state index contributed by atoms with van der Waals surface area (Å²) in [6.45, 7) is 6.25. The largest absolute Gasteiger partial charge is 0.465 e. The Kier molecular flexibility index (Phi) is 4.47. The lowest BCUT2D eigenvalue weighted by Crippen LogP contribution is -2.11. The molecule has 112 valence electrons. The fraction of sp³-hybridized carbons (Fsp3) is 0.333. The van der Waals surface area contributed by atoms with Gasteiger partial charge in [-0.1, -0.05) is 0 Å². The van der Waals surface area contributed by atoms with Crippen LogP contribution >= 0.6 is 11.3 Å². The van der Waals surface area contributed by atoms with Gasteiger partial charge < -0.3 is 15.8 Å². The van der Waals surface area contributed by atoms with E-state index in [0.29, 0.717) is 17.1 Å². The molecule has 0 amide bonds. The molecule has 2 rings (SSSR count). The molecule has 0 radical (unpaired) electrons. The summed E-state index contributed by atoms with van der Waals surface area (Å²) >= 11 is 1.77. The molecule has 0 aliphatic heterocycles. The van der Waals surface area contributed by atoms with Crippen molar-refractivity contribution in [1.82, 2.24) is 4.98 Å². The van der Waals surface area contributed by atoms with Crippen molar-refractivity contribution in [2.75, 3.05) is 18.2 Å². The highest BCUT2D eigenvalue weighted by molar-refractivity contribution is 7.12. The molecule has 1 atom stereocenters. The summed E-state index contributed by atoms with van der Waals surface area (Å²) in [6.07, 6.45) is 1.47. The lowest BCUT2D eigenvalue weighted by Gasteiger charge is -2.15. The summed E-state index contributed by atoms with van der Waals surface area (Å²) in [5.74, 6) is 0.133.